The molecule has 0 heterocycles. The Morgan fingerprint density at radius 3 is 2.17 bits per heavy atom. The molecule has 1 aromatic rings. The molecule has 6 heteroatoms. The smallest absolute Gasteiger partial charge is 0.206 e. The Labute approximate surface area is 78.5 Å². The third-order valence-corrected chi connectivity index (χ3v) is 3.38. The molecular weight excluding hydrogens is 217 g/mol. The van der Waals surface area contributed by atoms with Crippen LogP contribution >= 0.6 is 21.0 Å². The zero-order valence-corrected chi connectivity index (χ0v) is 8.72. The fourth-order valence-electron chi connectivity index (χ4n) is 0.692. The Bertz CT molecular complexity index is 362. The summed E-state index contributed by atoms with van der Waals surface area (Å²) in [6.07, 6.45) is 0. The zero-order valence-electron chi connectivity index (χ0n) is 5.99. The van der Waals surface area contributed by atoms with Gasteiger partial charge in [0.05, 0.1) is 4.90 Å². The summed E-state index contributed by atoms with van der Waals surface area (Å²) in [6.45, 7) is 0. The summed E-state index contributed by atoms with van der Waals surface area (Å²) in [5.74, 6) is 0. The lowest BCUT2D eigenvalue weighted by Crippen LogP contribution is -2.13. The Kier molecular flexibility index (Phi) is 3.07. The van der Waals surface area contributed by atoms with E-state index in [-0.39, 0.29) is 4.90 Å². The molecule has 66 valence electrons. The number of halogens is 1. The second kappa shape index (κ2) is 3.71. The normalized spacial score (nSPS) is 11.5. The fourth-order valence-corrected chi connectivity index (χ4v) is 1.73. The van der Waals surface area contributed by atoms with Crippen molar-refractivity contribution in [2.45, 2.75) is 4.90 Å². The Morgan fingerprint density at radius 2 is 1.75 bits per heavy atom. The number of hydrogen-bond acceptors (Lipinski definition) is 2. The highest BCUT2D eigenvalue weighted by Crippen LogP contribution is 2.07. The number of nitrogens with one attached hydrogen (secondary N) is 1. The summed E-state index contributed by atoms with van der Waals surface area (Å²) in [5.41, 5.74) is 0. The molecule has 12 heavy (non-hydrogen) atoms. The van der Waals surface area contributed by atoms with Gasteiger partial charge in [-0.1, -0.05) is 12.1 Å². The maximum absolute atomic E-state index is 11.1. The highest BCUT2D eigenvalue weighted by Gasteiger charge is 2.10. The third kappa shape index (κ3) is 2.17. The van der Waals surface area contributed by atoms with Crippen molar-refractivity contribution in [1.82, 2.24) is 4.24 Å². The van der Waals surface area contributed by atoms with E-state index in [2.05, 4.69) is 9.24 Å². The largest absolute Gasteiger partial charge is 0.253 e. The quantitative estimate of drug-likeness (QED) is 0.590. The molecule has 0 aliphatic heterocycles. The first-order chi connectivity index (χ1) is 5.56. The molecule has 0 saturated heterocycles. The summed E-state index contributed by atoms with van der Waals surface area (Å²) in [6, 6.07) is 6.30. The molecule has 0 saturated carbocycles. The van der Waals surface area contributed by atoms with Crippen molar-refractivity contribution < 1.29 is 8.42 Å². The van der Waals surface area contributed by atoms with Crippen molar-refractivity contribution in [2.24, 2.45) is 0 Å². The average Bonchev–Trinajstić information content (AvgIpc) is 2.05. The van der Waals surface area contributed by atoms with Gasteiger partial charge in [0, 0.05) is 0 Å². The van der Waals surface area contributed by atoms with Crippen LogP contribution in [0.5, 0.6) is 0 Å². The molecule has 0 aliphatic carbocycles. The van der Waals surface area contributed by atoms with E-state index in [9.17, 15) is 8.42 Å². The van der Waals surface area contributed by atoms with Crippen LogP contribution < -0.4 is 9.55 Å². The van der Waals surface area contributed by atoms with Gasteiger partial charge in [-0.2, -0.15) is 0 Å². The second-order valence-electron chi connectivity index (χ2n) is 2.15. The molecule has 1 N–H and O–H groups in total. The summed E-state index contributed by atoms with van der Waals surface area (Å²) < 4.78 is 23.8. The first-order valence-corrected chi connectivity index (χ1v) is 5.48. The van der Waals surface area contributed by atoms with E-state index in [1.54, 1.807) is 16.4 Å². The zero-order chi connectivity index (χ0) is 9.19. The first-order valence-electron chi connectivity index (χ1n) is 3.04. The minimum Gasteiger partial charge on any atom is -0.206 e. The molecular formula is C6H7ClNO2PS. The second-order valence-corrected chi connectivity index (χ2v) is 4.91. The third-order valence-electron chi connectivity index (χ3n) is 1.29. The van der Waals surface area contributed by atoms with Gasteiger partial charge < -0.3 is 0 Å². The van der Waals surface area contributed by atoms with E-state index in [4.69, 9.17) is 11.8 Å². The maximum atomic E-state index is 11.1. The van der Waals surface area contributed by atoms with Crippen LogP contribution in [0, 0.1) is 0 Å². The van der Waals surface area contributed by atoms with Gasteiger partial charge in [-0.25, -0.2) is 8.42 Å². The molecule has 1 unspecified atom stereocenters. The van der Waals surface area contributed by atoms with E-state index < -0.39 is 10.0 Å². The molecule has 0 fully saturated rings. The Morgan fingerprint density at radius 1 is 1.25 bits per heavy atom. The van der Waals surface area contributed by atoms with Gasteiger partial charge >= 0.3 is 0 Å². The molecule has 3 nitrogen and oxygen atoms in total. The molecule has 1 aromatic carbocycles. The molecule has 0 amide bonds. The van der Waals surface area contributed by atoms with E-state index in [1.165, 1.54) is 12.1 Å². The summed E-state index contributed by atoms with van der Waals surface area (Å²) >= 11 is 5.02. The lowest BCUT2D eigenvalue weighted by Gasteiger charge is -1.99. The number of rotatable bonds is 2. The van der Waals surface area contributed by atoms with Crippen molar-refractivity contribution in [3.63, 3.8) is 0 Å². The van der Waals surface area contributed by atoms with Crippen LogP contribution in [0.4, 0.5) is 0 Å². The SMILES string of the molecule is O=S(=O)(NCl)c1ccc(P)cc1. The number of sulfonamides is 1. The molecule has 0 aliphatic rings. The topological polar surface area (TPSA) is 46.2 Å². The maximum Gasteiger partial charge on any atom is 0.253 e. The molecule has 0 radical (unpaired) electrons. The van der Waals surface area contributed by atoms with E-state index in [0.717, 1.165) is 5.30 Å². The number of hydrogen-bond donors (Lipinski definition) is 1. The minimum absolute atomic E-state index is 0.156. The average molecular weight is 224 g/mol. The predicted molar refractivity (Wildman–Crippen MR) is 52.0 cm³/mol. The summed E-state index contributed by atoms with van der Waals surface area (Å²) in [7, 11) is -1.05. The van der Waals surface area contributed by atoms with Crippen molar-refractivity contribution in [3.8, 4) is 0 Å². The van der Waals surface area contributed by atoms with E-state index >= 15 is 0 Å². The van der Waals surface area contributed by atoms with E-state index in [1.807, 2.05) is 0 Å². The van der Waals surface area contributed by atoms with Crippen LogP contribution in [0.25, 0.3) is 0 Å². The highest BCUT2D eigenvalue weighted by atomic mass is 35.5. The van der Waals surface area contributed by atoms with Gasteiger partial charge in [-0.3, -0.25) is 0 Å². The summed E-state index contributed by atoms with van der Waals surface area (Å²) in [4.78, 5) is 0.156. The molecule has 0 bridgehead atoms. The highest BCUT2D eigenvalue weighted by molar-refractivity contribution is 7.90. The van der Waals surface area contributed by atoms with Gasteiger partial charge in [0.15, 0.2) is 0 Å². The monoisotopic (exact) mass is 223 g/mol. The van der Waals surface area contributed by atoms with Gasteiger partial charge in [-0.15, -0.1) is 13.5 Å². The lowest BCUT2D eigenvalue weighted by molar-refractivity contribution is 0.594. The lowest BCUT2D eigenvalue weighted by atomic mass is 10.4. The van der Waals surface area contributed by atoms with Crippen LogP contribution in [0.2, 0.25) is 0 Å². The molecule has 1 atom stereocenters. The minimum atomic E-state index is -3.51. The van der Waals surface area contributed by atoms with Crippen molar-refractivity contribution in [3.05, 3.63) is 24.3 Å². The predicted octanol–water partition coefficient (Wildman–Crippen LogP) is 0.619. The summed E-state index contributed by atoms with van der Waals surface area (Å²) in [5, 5.41) is 0.920. The van der Waals surface area contributed by atoms with Crippen LogP contribution in [0.1, 0.15) is 0 Å². The van der Waals surface area contributed by atoms with Crippen LogP contribution in [-0.2, 0) is 10.0 Å². The van der Waals surface area contributed by atoms with E-state index in [0.29, 0.717) is 0 Å². The Balaban J connectivity index is 3.14. The van der Waals surface area contributed by atoms with Gasteiger partial charge in [0.25, 0.3) is 10.0 Å². The fraction of sp³-hybridized carbons (Fsp3) is 0. The van der Waals surface area contributed by atoms with Crippen molar-refractivity contribution in [1.29, 1.82) is 0 Å². The van der Waals surface area contributed by atoms with Crippen molar-refractivity contribution >= 4 is 36.3 Å². The molecule has 1 rings (SSSR count). The standard InChI is InChI=1S/C6H7ClNO2PS/c7-8-12(9,10)6-3-1-5(11)2-4-6/h1-4,8H,11H2. The van der Waals surface area contributed by atoms with Gasteiger partial charge in [0.2, 0.25) is 0 Å². The van der Waals surface area contributed by atoms with Crippen molar-refractivity contribution in [2.75, 3.05) is 0 Å². The molecule has 0 spiro atoms. The molecule has 0 aromatic heterocycles. The Hall–Kier alpha value is -0.150. The van der Waals surface area contributed by atoms with Crippen LogP contribution in [-0.4, -0.2) is 8.42 Å². The first kappa shape index (κ1) is 9.93. The number of benzene rings is 1. The van der Waals surface area contributed by atoms with Gasteiger partial charge in [-0.05, 0) is 29.2 Å². The van der Waals surface area contributed by atoms with Crippen LogP contribution in [0.15, 0.2) is 29.2 Å². The van der Waals surface area contributed by atoms with Gasteiger partial charge in [0.1, 0.15) is 0 Å². The van der Waals surface area contributed by atoms with Crippen LogP contribution in [0.3, 0.4) is 0 Å².